The van der Waals surface area contributed by atoms with Crippen LogP contribution in [0.2, 0.25) is 0 Å². The van der Waals surface area contributed by atoms with Gasteiger partial charge in [-0.1, -0.05) is 23.9 Å². The van der Waals surface area contributed by atoms with Gasteiger partial charge in [0, 0.05) is 12.3 Å². The van der Waals surface area contributed by atoms with E-state index in [2.05, 4.69) is 5.32 Å². The minimum Gasteiger partial charge on any atom is -0.379 e. The summed E-state index contributed by atoms with van der Waals surface area (Å²) in [5.41, 5.74) is 6.25. The molecule has 1 aromatic carbocycles. The van der Waals surface area contributed by atoms with Gasteiger partial charge in [-0.3, -0.25) is 19.9 Å². The average Bonchev–Trinajstić information content (AvgIpc) is 2.74. The van der Waals surface area contributed by atoms with Gasteiger partial charge in [-0.05, 0) is 38.1 Å². The summed E-state index contributed by atoms with van der Waals surface area (Å²) in [5, 5.41) is 10.5. The molecule has 0 aromatic heterocycles. The van der Waals surface area contributed by atoms with Crippen LogP contribution in [0.3, 0.4) is 0 Å². The van der Waals surface area contributed by atoms with Crippen molar-refractivity contribution < 1.29 is 9.59 Å². The molecule has 7 heteroatoms. The van der Waals surface area contributed by atoms with E-state index in [0.29, 0.717) is 17.7 Å². The molecule has 2 rings (SSSR count). The number of benzene rings is 1. The van der Waals surface area contributed by atoms with Crippen molar-refractivity contribution in [1.29, 1.82) is 5.41 Å². The van der Waals surface area contributed by atoms with Crippen LogP contribution < -0.4 is 11.1 Å². The molecule has 0 unspecified atom stereocenters. The quantitative estimate of drug-likeness (QED) is 0.290. The Kier molecular flexibility index (Phi) is 5.97. The lowest BCUT2D eigenvalue weighted by Gasteiger charge is -2.13. The highest BCUT2D eigenvalue weighted by molar-refractivity contribution is 8.13. The van der Waals surface area contributed by atoms with Gasteiger partial charge in [-0.15, -0.1) is 0 Å². The van der Waals surface area contributed by atoms with E-state index in [1.165, 1.54) is 16.7 Å². The lowest BCUT2D eigenvalue weighted by molar-refractivity contribution is 0.0652. The molecule has 0 atom stereocenters. The largest absolute Gasteiger partial charge is 0.379 e. The van der Waals surface area contributed by atoms with E-state index in [4.69, 9.17) is 11.1 Å². The third kappa shape index (κ3) is 4.08. The minimum atomic E-state index is -0.196. The van der Waals surface area contributed by atoms with Crippen LogP contribution >= 0.6 is 11.8 Å². The van der Waals surface area contributed by atoms with E-state index >= 15 is 0 Å². The number of amidine groups is 1. The lowest BCUT2D eigenvalue weighted by atomic mass is 10.1. The van der Waals surface area contributed by atoms with Crippen molar-refractivity contribution in [3.63, 3.8) is 0 Å². The Hall–Kier alpha value is -1.86. The third-order valence-electron chi connectivity index (χ3n) is 3.37. The zero-order valence-electron chi connectivity index (χ0n) is 12.3. The predicted molar refractivity (Wildman–Crippen MR) is 88.3 cm³/mol. The predicted octanol–water partition coefficient (Wildman–Crippen LogP) is 1.28. The molecule has 2 amide bonds. The number of nitrogens with one attached hydrogen (secondary N) is 2. The van der Waals surface area contributed by atoms with E-state index in [9.17, 15) is 9.59 Å². The summed E-state index contributed by atoms with van der Waals surface area (Å²) in [5.74, 6) is 0.428. The highest BCUT2D eigenvalue weighted by Crippen LogP contribution is 2.22. The monoisotopic (exact) mass is 320 g/mol. The van der Waals surface area contributed by atoms with E-state index in [1.807, 2.05) is 0 Å². The molecule has 1 heterocycles. The molecule has 1 aliphatic heterocycles. The molecule has 0 spiro atoms. The van der Waals surface area contributed by atoms with Gasteiger partial charge in [0.15, 0.2) is 5.17 Å². The number of hydrogen-bond acceptors (Lipinski definition) is 5. The fourth-order valence-electron chi connectivity index (χ4n) is 2.31. The minimum absolute atomic E-state index is 0.144. The van der Waals surface area contributed by atoms with Crippen LogP contribution in [0.4, 0.5) is 0 Å². The fraction of sp³-hybridized carbons (Fsp3) is 0.400. The summed E-state index contributed by atoms with van der Waals surface area (Å²) >= 11 is 1.33. The van der Waals surface area contributed by atoms with Crippen molar-refractivity contribution in [2.75, 3.05) is 25.4 Å². The molecule has 4 N–H and O–H groups in total. The second kappa shape index (κ2) is 7.95. The Labute approximate surface area is 133 Å². The van der Waals surface area contributed by atoms with Crippen molar-refractivity contribution in [2.45, 2.75) is 12.8 Å². The van der Waals surface area contributed by atoms with Crippen molar-refractivity contribution in [1.82, 2.24) is 10.2 Å². The van der Waals surface area contributed by atoms with Gasteiger partial charge in [0.05, 0.1) is 11.1 Å². The molecule has 0 fully saturated rings. The number of fused-ring (bicyclic) bond motifs is 1. The van der Waals surface area contributed by atoms with Crippen LogP contribution in [-0.4, -0.2) is 47.3 Å². The number of carbonyl (C=O) groups is 2. The van der Waals surface area contributed by atoms with Crippen molar-refractivity contribution in [2.24, 2.45) is 5.73 Å². The summed E-state index contributed by atoms with van der Waals surface area (Å²) in [7, 11) is 0. The van der Waals surface area contributed by atoms with Crippen LogP contribution in [0.1, 0.15) is 33.6 Å². The van der Waals surface area contributed by atoms with Crippen molar-refractivity contribution >= 4 is 28.7 Å². The number of amides is 2. The Morgan fingerprint density at radius 1 is 1.14 bits per heavy atom. The van der Waals surface area contributed by atoms with Gasteiger partial charge in [-0.25, -0.2) is 0 Å². The van der Waals surface area contributed by atoms with Gasteiger partial charge < -0.3 is 11.1 Å². The maximum absolute atomic E-state index is 12.1. The lowest BCUT2D eigenvalue weighted by Crippen LogP contribution is -2.32. The zero-order chi connectivity index (χ0) is 15.9. The maximum atomic E-state index is 12.1. The molecular formula is C15H20N4O2S. The number of nitrogens with two attached hydrogens (primary N) is 1. The number of thioether (sulfide) groups is 1. The molecule has 6 nitrogen and oxygen atoms in total. The molecular weight excluding hydrogens is 300 g/mol. The van der Waals surface area contributed by atoms with E-state index in [-0.39, 0.29) is 17.0 Å². The Bertz CT molecular complexity index is 541. The van der Waals surface area contributed by atoms with Gasteiger partial charge >= 0.3 is 0 Å². The van der Waals surface area contributed by atoms with Crippen LogP contribution in [-0.2, 0) is 0 Å². The highest BCUT2D eigenvalue weighted by atomic mass is 32.2. The molecule has 0 saturated carbocycles. The van der Waals surface area contributed by atoms with E-state index in [0.717, 1.165) is 31.7 Å². The molecule has 22 heavy (non-hydrogen) atoms. The number of rotatable bonds is 8. The first-order valence-electron chi connectivity index (χ1n) is 7.24. The van der Waals surface area contributed by atoms with Crippen molar-refractivity contribution in [3.05, 3.63) is 35.4 Å². The smallest absolute Gasteiger partial charge is 0.261 e. The summed E-state index contributed by atoms with van der Waals surface area (Å²) in [6, 6.07) is 6.93. The Balaban J connectivity index is 1.65. The van der Waals surface area contributed by atoms with Gasteiger partial charge in [0.2, 0.25) is 0 Å². The number of hydrogen-bond donors (Lipinski definition) is 3. The SMILES string of the molecule is N=C(N)SCCCNCCCN1C(=O)c2ccccc2C1=O. The second-order valence-corrected chi connectivity index (χ2v) is 6.11. The fourth-order valence-corrected chi connectivity index (χ4v) is 2.82. The highest BCUT2D eigenvalue weighted by Gasteiger charge is 2.34. The Morgan fingerprint density at radius 2 is 1.73 bits per heavy atom. The molecule has 0 saturated heterocycles. The average molecular weight is 320 g/mol. The van der Waals surface area contributed by atoms with Crippen LogP contribution in [0.15, 0.2) is 24.3 Å². The first kappa shape index (κ1) is 16.5. The first-order valence-corrected chi connectivity index (χ1v) is 8.22. The zero-order valence-corrected chi connectivity index (χ0v) is 13.1. The summed E-state index contributed by atoms with van der Waals surface area (Å²) in [6.07, 6.45) is 1.66. The number of nitrogens with zero attached hydrogens (tertiary/aromatic N) is 1. The number of carbonyl (C=O) groups excluding carboxylic acids is 2. The number of imide groups is 1. The molecule has 1 aromatic rings. The molecule has 118 valence electrons. The van der Waals surface area contributed by atoms with E-state index in [1.54, 1.807) is 24.3 Å². The van der Waals surface area contributed by atoms with Crippen LogP contribution in [0.25, 0.3) is 0 Å². The van der Waals surface area contributed by atoms with Gasteiger partial charge in [0.1, 0.15) is 0 Å². The maximum Gasteiger partial charge on any atom is 0.261 e. The summed E-state index contributed by atoms with van der Waals surface area (Å²) in [4.78, 5) is 25.6. The van der Waals surface area contributed by atoms with Crippen LogP contribution in [0.5, 0.6) is 0 Å². The summed E-state index contributed by atoms with van der Waals surface area (Å²) < 4.78 is 0. The molecule has 0 radical (unpaired) electrons. The van der Waals surface area contributed by atoms with Crippen molar-refractivity contribution in [3.8, 4) is 0 Å². The standard InChI is InChI=1S/C15H20N4O2S/c16-15(17)22-10-4-8-18-7-3-9-19-13(20)11-5-1-2-6-12(11)14(19)21/h1-2,5-6,18H,3-4,7-10H2,(H3,16,17). The molecule has 1 aliphatic rings. The first-order chi connectivity index (χ1) is 10.6. The second-order valence-electron chi connectivity index (χ2n) is 4.98. The Morgan fingerprint density at radius 3 is 2.32 bits per heavy atom. The third-order valence-corrected chi connectivity index (χ3v) is 4.17. The topological polar surface area (TPSA) is 99.3 Å². The van der Waals surface area contributed by atoms with Gasteiger partial charge in [0.25, 0.3) is 11.8 Å². The van der Waals surface area contributed by atoms with Gasteiger partial charge in [-0.2, -0.15) is 0 Å². The normalized spacial score (nSPS) is 13.5. The van der Waals surface area contributed by atoms with Crippen LogP contribution in [0, 0.1) is 5.41 Å². The molecule has 0 aliphatic carbocycles. The van der Waals surface area contributed by atoms with E-state index < -0.39 is 0 Å². The summed E-state index contributed by atoms with van der Waals surface area (Å²) in [6.45, 7) is 2.02. The molecule has 0 bridgehead atoms.